The lowest BCUT2D eigenvalue weighted by Crippen LogP contribution is -2.11. The summed E-state index contributed by atoms with van der Waals surface area (Å²) >= 11 is 2.87. The van der Waals surface area contributed by atoms with Crippen LogP contribution in [0.4, 0.5) is 26.3 Å². The fraction of sp³-hybridized carbons (Fsp3) is 0.154. The molecule has 0 spiro atoms. The van der Waals surface area contributed by atoms with Crippen molar-refractivity contribution in [1.82, 2.24) is 14.8 Å². The molecule has 0 bridgehead atoms. The maximum atomic E-state index is 12.8. The van der Waals surface area contributed by atoms with Gasteiger partial charge in [0.15, 0.2) is 5.82 Å². The van der Waals surface area contributed by atoms with Crippen molar-refractivity contribution in [2.45, 2.75) is 12.4 Å². The normalized spacial score (nSPS) is 13.0. The van der Waals surface area contributed by atoms with E-state index in [-0.39, 0.29) is 16.4 Å². The third-order valence-corrected chi connectivity index (χ3v) is 3.09. The number of allylic oxidation sites excluding steroid dienone is 1. The van der Waals surface area contributed by atoms with Gasteiger partial charge in [-0.05, 0) is 34.1 Å². The molecule has 1 heterocycles. The predicted octanol–water partition coefficient (Wildman–Crippen LogP) is 4.70. The Bertz CT molecular complexity index is 796. The molecule has 24 heavy (non-hydrogen) atoms. The number of benzene rings is 1. The SMILES string of the molecule is N#C/C(Br)=C/n1cnc(-c2cc(C(F)(F)F)cc(C(F)(F)F)c2)n1. The molecule has 0 unspecified atom stereocenters. The Morgan fingerprint density at radius 1 is 1.08 bits per heavy atom. The van der Waals surface area contributed by atoms with Gasteiger partial charge >= 0.3 is 12.4 Å². The molecule has 0 N–H and O–H groups in total. The standard InChI is InChI=1S/C13H5BrF6N4/c14-10(4-21)5-24-6-22-11(23-24)7-1-8(12(15,16)17)3-9(2-7)13(18,19)20/h1-3,5-6H/b10-5-. The highest BCUT2D eigenvalue weighted by Gasteiger charge is 2.37. The average Bonchev–Trinajstić information content (AvgIpc) is 2.93. The lowest BCUT2D eigenvalue weighted by Gasteiger charge is -2.13. The summed E-state index contributed by atoms with van der Waals surface area (Å²) < 4.78 is 77.9. The molecule has 2 rings (SSSR count). The lowest BCUT2D eigenvalue weighted by molar-refractivity contribution is -0.143. The Hall–Kier alpha value is -2.35. The number of hydrogen-bond donors (Lipinski definition) is 0. The van der Waals surface area contributed by atoms with Crippen molar-refractivity contribution in [3.05, 3.63) is 40.1 Å². The molecule has 1 aromatic heterocycles. The van der Waals surface area contributed by atoms with Gasteiger partial charge in [0.1, 0.15) is 16.9 Å². The monoisotopic (exact) mass is 410 g/mol. The van der Waals surface area contributed by atoms with Crippen molar-refractivity contribution in [3.63, 3.8) is 0 Å². The van der Waals surface area contributed by atoms with Crippen LogP contribution in [0.2, 0.25) is 0 Å². The van der Waals surface area contributed by atoms with E-state index in [1.165, 1.54) is 0 Å². The van der Waals surface area contributed by atoms with Gasteiger partial charge < -0.3 is 0 Å². The van der Waals surface area contributed by atoms with Gasteiger partial charge in [0.2, 0.25) is 0 Å². The minimum atomic E-state index is -4.96. The molecule has 0 fully saturated rings. The number of nitrogens with zero attached hydrogens (tertiary/aromatic N) is 4. The molecule has 0 radical (unpaired) electrons. The molecule has 2 aromatic rings. The summed E-state index contributed by atoms with van der Waals surface area (Å²) in [5, 5.41) is 12.3. The fourth-order valence-corrected chi connectivity index (χ4v) is 1.91. The van der Waals surface area contributed by atoms with Crippen molar-refractivity contribution in [2.24, 2.45) is 0 Å². The molecule has 11 heteroatoms. The Kier molecular flexibility index (Phi) is 4.70. The first-order chi connectivity index (χ1) is 11.0. The van der Waals surface area contributed by atoms with Crippen LogP contribution in [0.3, 0.4) is 0 Å². The fourth-order valence-electron chi connectivity index (χ4n) is 1.70. The van der Waals surface area contributed by atoms with Gasteiger partial charge in [-0.25, -0.2) is 9.67 Å². The van der Waals surface area contributed by atoms with E-state index in [9.17, 15) is 26.3 Å². The first-order valence-corrected chi connectivity index (χ1v) is 6.78. The van der Waals surface area contributed by atoms with E-state index < -0.39 is 29.0 Å². The number of hydrogen-bond acceptors (Lipinski definition) is 3. The summed E-state index contributed by atoms with van der Waals surface area (Å²) in [6.07, 6.45) is -7.72. The molecule has 0 aliphatic rings. The summed E-state index contributed by atoms with van der Waals surface area (Å²) in [5.74, 6) is -0.346. The number of halogens is 7. The smallest absolute Gasteiger partial charge is 0.226 e. The van der Waals surface area contributed by atoms with Crippen molar-refractivity contribution >= 4 is 22.1 Å². The van der Waals surface area contributed by atoms with Crippen LogP contribution in [0, 0.1) is 11.3 Å². The van der Waals surface area contributed by atoms with E-state index >= 15 is 0 Å². The lowest BCUT2D eigenvalue weighted by atomic mass is 10.0. The molecule has 1 aromatic carbocycles. The van der Waals surface area contributed by atoms with E-state index in [0.29, 0.717) is 12.1 Å². The van der Waals surface area contributed by atoms with Crippen molar-refractivity contribution < 1.29 is 26.3 Å². The number of alkyl halides is 6. The molecular formula is C13H5BrF6N4. The molecule has 0 saturated heterocycles. The van der Waals surface area contributed by atoms with Crippen LogP contribution in [0.1, 0.15) is 11.1 Å². The van der Waals surface area contributed by atoms with Gasteiger partial charge in [-0.15, -0.1) is 5.10 Å². The predicted molar refractivity (Wildman–Crippen MR) is 74.3 cm³/mol. The van der Waals surface area contributed by atoms with Gasteiger partial charge in [-0.2, -0.15) is 31.6 Å². The number of nitriles is 1. The van der Waals surface area contributed by atoms with Gasteiger partial charge in [0.05, 0.1) is 17.3 Å². The molecular weight excluding hydrogens is 406 g/mol. The second-order valence-corrected chi connectivity index (χ2v) is 5.29. The highest BCUT2D eigenvalue weighted by molar-refractivity contribution is 9.12. The average molecular weight is 411 g/mol. The topological polar surface area (TPSA) is 54.5 Å². The first kappa shape index (κ1) is 18.0. The van der Waals surface area contributed by atoms with Crippen molar-refractivity contribution in [2.75, 3.05) is 0 Å². The molecule has 4 nitrogen and oxygen atoms in total. The Morgan fingerprint density at radius 2 is 1.62 bits per heavy atom. The maximum absolute atomic E-state index is 12.8. The third-order valence-electron chi connectivity index (χ3n) is 2.71. The quantitative estimate of drug-likeness (QED) is 0.532. The van der Waals surface area contributed by atoms with Gasteiger partial charge in [0.25, 0.3) is 0 Å². The summed E-state index contributed by atoms with van der Waals surface area (Å²) in [4.78, 5) is 3.66. The third kappa shape index (κ3) is 4.14. The molecule has 0 atom stereocenters. The van der Waals surface area contributed by atoms with Crippen LogP contribution >= 0.6 is 15.9 Å². The van der Waals surface area contributed by atoms with Gasteiger partial charge in [-0.1, -0.05) is 0 Å². The molecule has 0 aliphatic heterocycles. The van der Waals surface area contributed by atoms with E-state index in [2.05, 4.69) is 26.0 Å². The molecule has 0 amide bonds. The highest BCUT2D eigenvalue weighted by Crippen LogP contribution is 2.38. The summed E-state index contributed by atoms with van der Waals surface area (Å²) in [5.41, 5.74) is -3.37. The van der Waals surface area contributed by atoms with Crippen LogP contribution in [-0.4, -0.2) is 14.8 Å². The van der Waals surface area contributed by atoms with E-state index in [0.717, 1.165) is 17.2 Å². The van der Waals surface area contributed by atoms with Crippen LogP contribution in [0.25, 0.3) is 17.6 Å². The summed E-state index contributed by atoms with van der Waals surface area (Å²) in [6.45, 7) is 0. The zero-order valence-electron chi connectivity index (χ0n) is 11.3. The number of rotatable bonds is 2. The number of aromatic nitrogens is 3. The second kappa shape index (κ2) is 6.27. The van der Waals surface area contributed by atoms with Crippen LogP contribution < -0.4 is 0 Å². The zero-order valence-corrected chi connectivity index (χ0v) is 12.9. The minimum Gasteiger partial charge on any atom is -0.226 e. The minimum absolute atomic E-state index is 0.0205. The largest absolute Gasteiger partial charge is 0.416 e. The highest BCUT2D eigenvalue weighted by atomic mass is 79.9. The van der Waals surface area contributed by atoms with E-state index in [4.69, 9.17) is 5.26 Å². The van der Waals surface area contributed by atoms with Gasteiger partial charge in [-0.3, -0.25) is 0 Å². The molecule has 0 saturated carbocycles. The van der Waals surface area contributed by atoms with E-state index in [1.807, 2.05) is 0 Å². The zero-order chi connectivity index (χ0) is 18.1. The Labute approximate surface area is 139 Å². The van der Waals surface area contributed by atoms with Crippen LogP contribution in [0.5, 0.6) is 0 Å². The maximum Gasteiger partial charge on any atom is 0.416 e. The second-order valence-electron chi connectivity index (χ2n) is 4.43. The van der Waals surface area contributed by atoms with Crippen molar-refractivity contribution in [1.29, 1.82) is 5.26 Å². The molecule has 126 valence electrons. The van der Waals surface area contributed by atoms with Gasteiger partial charge in [0, 0.05) is 5.56 Å². The molecule has 0 aliphatic carbocycles. The first-order valence-electron chi connectivity index (χ1n) is 5.99. The summed E-state index contributed by atoms with van der Waals surface area (Å²) in [6, 6.07) is 2.78. The van der Waals surface area contributed by atoms with E-state index in [1.54, 1.807) is 6.07 Å². The Morgan fingerprint density at radius 3 is 2.08 bits per heavy atom. The Balaban J connectivity index is 2.56. The van der Waals surface area contributed by atoms with Crippen LogP contribution in [0.15, 0.2) is 29.0 Å². The van der Waals surface area contributed by atoms with Crippen LogP contribution in [-0.2, 0) is 12.4 Å². The van der Waals surface area contributed by atoms with Crippen molar-refractivity contribution in [3.8, 4) is 17.5 Å². The summed E-state index contributed by atoms with van der Waals surface area (Å²) in [7, 11) is 0.